The van der Waals surface area contributed by atoms with Gasteiger partial charge in [0, 0.05) is 55.8 Å². The van der Waals surface area contributed by atoms with Gasteiger partial charge in [0.15, 0.2) is 0 Å². The minimum Gasteiger partial charge on any atom is -0.490 e. The van der Waals surface area contributed by atoms with Gasteiger partial charge in [0.25, 0.3) is 0 Å². The summed E-state index contributed by atoms with van der Waals surface area (Å²) in [6.07, 6.45) is 8.36. The maximum atomic E-state index is 11.7. The molecular weight excluding hydrogens is 336 g/mol. The molecule has 0 amide bonds. The van der Waals surface area contributed by atoms with E-state index in [0.717, 1.165) is 50.2 Å². The van der Waals surface area contributed by atoms with E-state index in [9.17, 15) is 5.11 Å². The molecule has 1 aliphatic carbocycles. The molecule has 1 unspecified atom stereocenters. The van der Waals surface area contributed by atoms with Crippen molar-refractivity contribution in [1.29, 1.82) is 0 Å². The summed E-state index contributed by atoms with van der Waals surface area (Å²) in [6, 6.07) is 10.6. The number of hydrogen-bond acceptors (Lipinski definition) is 4. The molecule has 4 atom stereocenters. The number of nitrogens with zero attached hydrogens (tertiary/aromatic N) is 2. The molecule has 0 spiro atoms. The van der Waals surface area contributed by atoms with Gasteiger partial charge >= 0.3 is 0 Å². The highest BCUT2D eigenvalue weighted by molar-refractivity contribution is 5.40. The summed E-state index contributed by atoms with van der Waals surface area (Å²) in [4.78, 5) is 6.81. The lowest BCUT2D eigenvalue weighted by molar-refractivity contribution is -0.148. The van der Waals surface area contributed by atoms with Crippen LogP contribution in [0.3, 0.4) is 0 Å². The Hall–Kier alpha value is -1.91. The van der Waals surface area contributed by atoms with Crippen LogP contribution in [0.1, 0.15) is 42.9 Å². The van der Waals surface area contributed by atoms with Crippen LogP contribution in [-0.2, 0) is 18.6 Å². The van der Waals surface area contributed by atoms with E-state index in [0.29, 0.717) is 6.10 Å². The van der Waals surface area contributed by atoms with E-state index in [1.54, 1.807) is 6.20 Å². The molecule has 27 heavy (non-hydrogen) atoms. The molecule has 1 aromatic heterocycles. The average molecular weight is 364 g/mol. The van der Waals surface area contributed by atoms with E-state index in [-0.39, 0.29) is 11.8 Å². The zero-order valence-electron chi connectivity index (χ0n) is 16.0. The predicted molar refractivity (Wildman–Crippen MR) is 104 cm³/mol. The molecule has 1 saturated heterocycles. The van der Waals surface area contributed by atoms with Crippen molar-refractivity contribution < 1.29 is 9.84 Å². The first kappa shape index (κ1) is 17.2. The van der Waals surface area contributed by atoms with Gasteiger partial charge < -0.3 is 9.84 Å². The van der Waals surface area contributed by atoms with Crippen molar-refractivity contribution in [2.45, 2.75) is 50.9 Å². The molecule has 5 rings (SSSR count). The molecule has 142 valence electrons. The lowest BCUT2D eigenvalue weighted by Crippen LogP contribution is -2.57. The molecule has 2 aliphatic heterocycles. The van der Waals surface area contributed by atoms with E-state index in [4.69, 9.17) is 4.74 Å². The minimum atomic E-state index is -0.718. The first-order valence-corrected chi connectivity index (χ1v) is 10.3. The first-order chi connectivity index (χ1) is 13.1. The summed E-state index contributed by atoms with van der Waals surface area (Å²) in [5.41, 5.74) is 2.98. The van der Waals surface area contributed by atoms with Crippen LogP contribution >= 0.6 is 0 Å². The number of piperidine rings is 1. The van der Waals surface area contributed by atoms with Gasteiger partial charge in [0.2, 0.25) is 0 Å². The third-order valence-electron chi connectivity index (χ3n) is 6.80. The number of benzene rings is 1. The van der Waals surface area contributed by atoms with E-state index in [1.165, 1.54) is 17.5 Å². The Kier molecular flexibility index (Phi) is 4.21. The van der Waals surface area contributed by atoms with Crippen LogP contribution in [0.25, 0.3) is 0 Å². The minimum absolute atomic E-state index is 0.284. The maximum Gasteiger partial charge on any atom is 0.123 e. The van der Waals surface area contributed by atoms with Crippen LogP contribution in [0, 0.1) is 11.8 Å². The third kappa shape index (κ3) is 2.95. The Labute approximate surface area is 161 Å². The van der Waals surface area contributed by atoms with Crippen LogP contribution in [-0.4, -0.2) is 34.2 Å². The fraction of sp³-hybridized carbons (Fsp3) is 0.522. The highest BCUT2D eigenvalue weighted by atomic mass is 16.5. The van der Waals surface area contributed by atoms with Crippen LogP contribution in [0.2, 0.25) is 0 Å². The second-order valence-electron chi connectivity index (χ2n) is 8.66. The Morgan fingerprint density at radius 1 is 1.22 bits per heavy atom. The molecule has 1 saturated carbocycles. The van der Waals surface area contributed by atoms with Crippen molar-refractivity contribution in [1.82, 2.24) is 9.88 Å². The third-order valence-corrected chi connectivity index (χ3v) is 6.80. The van der Waals surface area contributed by atoms with Gasteiger partial charge in [-0.05, 0) is 43.0 Å². The van der Waals surface area contributed by atoms with Crippen molar-refractivity contribution in [3.05, 3.63) is 59.4 Å². The monoisotopic (exact) mass is 364 g/mol. The summed E-state index contributed by atoms with van der Waals surface area (Å²) < 4.78 is 5.84. The highest BCUT2D eigenvalue weighted by Crippen LogP contribution is 2.49. The van der Waals surface area contributed by atoms with Gasteiger partial charge in [-0.15, -0.1) is 0 Å². The van der Waals surface area contributed by atoms with E-state index < -0.39 is 5.60 Å². The molecule has 2 aromatic rings. The van der Waals surface area contributed by atoms with E-state index >= 15 is 0 Å². The van der Waals surface area contributed by atoms with E-state index in [2.05, 4.69) is 41.1 Å². The molecule has 2 fully saturated rings. The number of pyridine rings is 1. The summed E-state index contributed by atoms with van der Waals surface area (Å²) >= 11 is 0. The van der Waals surface area contributed by atoms with Gasteiger partial charge in [0.05, 0.1) is 5.60 Å². The van der Waals surface area contributed by atoms with Gasteiger partial charge in [-0.2, -0.15) is 0 Å². The predicted octanol–water partition coefficient (Wildman–Crippen LogP) is 3.52. The van der Waals surface area contributed by atoms with Gasteiger partial charge in [-0.3, -0.25) is 9.88 Å². The average Bonchev–Trinajstić information content (AvgIpc) is 3.03. The quantitative estimate of drug-likeness (QED) is 0.905. The highest BCUT2D eigenvalue weighted by Gasteiger charge is 2.51. The summed E-state index contributed by atoms with van der Waals surface area (Å²) in [6.45, 7) is 4.99. The lowest BCUT2D eigenvalue weighted by Gasteiger charge is -2.53. The van der Waals surface area contributed by atoms with E-state index in [1.807, 2.05) is 12.3 Å². The van der Waals surface area contributed by atoms with Gasteiger partial charge in [-0.25, -0.2) is 0 Å². The normalized spacial score (nSPS) is 32.7. The van der Waals surface area contributed by atoms with Crippen molar-refractivity contribution in [3.63, 3.8) is 0 Å². The van der Waals surface area contributed by atoms with Crippen molar-refractivity contribution in [2.75, 3.05) is 13.1 Å². The molecule has 3 aliphatic rings. The number of hydrogen-bond donors (Lipinski definition) is 1. The Bertz CT molecular complexity index is 808. The van der Waals surface area contributed by atoms with Crippen LogP contribution < -0.4 is 4.74 Å². The number of rotatable bonds is 3. The first-order valence-electron chi connectivity index (χ1n) is 10.3. The Morgan fingerprint density at radius 3 is 2.78 bits per heavy atom. The number of ether oxygens (including phenoxy) is 1. The van der Waals surface area contributed by atoms with Crippen LogP contribution in [0.15, 0.2) is 42.7 Å². The van der Waals surface area contributed by atoms with Crippen molar-refractivity contribution in [3.8, 4) is 5.75 Å². The zero-order valence-corrected chi connectivity index (χ0v) is 16.0. The number of aromatic nitrogens is 1. The topological polar surface area (TPSA) is 45.6 Å². The standard InChI is InChI=1S/C23H28N2O2/c1-16-10-18-11-17(7-8-22(18)27-16)13-25-14-20-4-2-5-21(15-25)23(20,26)19-6-3-9-24-12-19/h3,6-9,11-12,16,20-21,26H,2,4-5,10,13-15H2,1H3/t16-,20-,21+,23?/m1/s1. The Balaban J connectivity index is 1.36. The molecule has 3 heterocycles. The smallest absolute Gasteiger partial charge is 0.123 e. The molecular formula is C23H28N2O2. The molecule has 2 bridgehead atoms. The number of aliphatic hydroxyl groups is 1. The SMILES string of the molecule is C[C@@H]1Cc2cc(CN3C[C@H]4CCC[C@@H](C3)C4(O)c3cccnc3)ccc2O1. The number of fused-ring (bicyclic) bond motifs is 3. The summed E-state index contributed by atoms with van der Waals surface area (Å²) in [5, 5.41) is 11.7. The number of likely N-dealkylation sites (tertiary alicyclic amines) is 1. The Morgan fingerprint density at radius 2 is 2.04 bits per heavy atom. The summed E-state index contributed by atoms with van der Waals surface area (Å²) in [5.74, 6) is 1.62. The van der Waals surface area contributed by atoms with Crippen molar-refractivity contribution in [2.24, 2.45) is 11.8 Å². The largest absolute Gasteiger partial charge is 0.490 e. The molecule has 1 aromatic carbocycles. The summed E-state index contributed by atoms with van der Waals surface area (Å²) in [7, 11) is 0. The van der Waals surface area contributed by atoms with Gasteiger partial charge in [-0.1, -0.05) is 24.6 Å². The molecule has 0 radical (unpaired) electrons. The second-order valence-corrected chi connectivity index (χ2v) is 8.66. The molecule has 4 heteroatoms. The fourth-order valence-corrected chi connectivity index (χ4v) is 5.57. The maximum absolute atomic E-state index is 11.7. The fourth-order valence-electron chi connectivity index (χ4n) is 5.57. The van der Waals surface area contributed by atoms with Gasteiger partial charge in [0.1, 0.15) is 11.9 Å². The second kappa shape index (κ2) is 6.61. The van der Waals surface area contributed by atoms with Crippen LogP contribution in [0.4, 0.5) is 0 Å². The molecule has 4 nitrogen and oxygen atoms in total. The van der Waals surface area contributed by atoms with Crippen LogP contribution in [0.5, 0.6) is 5.75 Å². The van der Waals surface area contributed by atoms with Crippen molar-refractivity contribution >= 4 is 0 Å². The zero-order chi connectivity index (χ0) is 18.4. The lowest BCUT2D eigenvalue weighted by atomic mass is 9.63. The molecule has 1 N–H and O–H groups in total.